The summed E-state index contributed by atoms with van der Waals surface area (Å²) in [7, 11) is 1.68. The van der Waals surface area contributed by atoms with Gasteiger partial charge in [-0.2, -0.15) is 0 Å². The van der Waals surface area contributed by atoms with Gasteiger partial charge in [-0.15, -0.1) is 0 Å². The van der Waals surface area contributed by atoms with Gasteiger partial charge >= 0.3 is 0 Å². The van der Waals surface area contributed by atoms with Gasteiger partial charge in [0, 0.05) is 13.7 Å². The maximum atomic E-state index is 12.6. The zero-order valence-electron chi connectivity index (χ0n) is 13.7. The average Bonchev–Trinajstić information content (AvgIpc) is 2.46. The molecule has 2 amide bonds. The molecule has 1 unspecified atom stereocenters. The molecule has 0 aromatic rings. The SMILES string of the molecule is COC(C)(C)CCN1C(=O)C(C)NC(=O)C12CCCCC2. The van der Waals surface area contributed by atoms with Crippen LogP contribution in [0.3, 0.4) is 0 Å². The number of carbonyl (C=O) groups is 2. The van der Waals surface area contributed by atoms with Gasteiger partial charge in [-0.05, 0) is 40.0 Å². The first-order valence-corrected chi connectivity index (χ1v) is 8.00. The first-order valence-electron chi connectivity index (χ1n) is 8.00. The number of amides is 2. The van der Waals surface area contributed by atoms with E-state index in [0.29, 0.717) is 6.54 Å². The van der Waals surface area contributed by atoms with Crippen LogP contribution >= 0.6 is 0 Å². The lowest BCUT2D eigenvalue weighted by Gasteiger charge is -2.50. The minimum atomic E-state index is -0.619. The van der Waals surface area contributed by atoms with Crippen molar-refractivity contribution < 1.29 is 14.3 Å². The Morgan fingerprint density at radius 1 is 1.29 bits per heavy atom. The molecule has 21 heavy (non-hydrogen) atoms. The van der Waals surface area contributed by atoms with Gasteiger partial charge < -0.3 is 15.0 Å². The molecule has 0 bridgehead atoms. The fraction of sp³-hybridized carbons (Fsp3) is 0.875. The van der Waals surface area contributed by atoms with Gasteiger partial charge in [-0.25, -0.2) is 0 Å². The van der Waals surface area contributed by atoms with E-state index >= 15 is 0 Å². The molecular formula is C16H28N2O3. The van der Waals surface area contributed by atoms with Gasteiger partial charge in [-0.1, -0.05) is 19.3 Å². The molecule has 120 valence electrons. The Kier molecular flexibility index (Phi) is 4.61. The number of carbonyl (C=O) groups excluding carboxylic acids is 2. The molecule has 1 saturated carbocycles. The summed E-state index contributed by atoms with van der Waals surface area (Å²) in [5.41, 5.74) is -0.904. The number of nitrogens with one attached hydrogen (secondary N) is 1. The highest BCUT2D eigenvalue weighted by molar-refractivity contribution is 5.99. The third kappa shape index (κ3) is 3.07. The van der Waals surface area contributed by atoms with Gasteiger partial charge in [0.05, 0.1) is 5.60 Å². The van der Waals surface area contributed by atoms with E-state index in [1.165, 1.54) is 0 Å². The lowest BCUT2D eigenvalue weighted by Crippen LogP contribution is -2.70. The lowest BCUT2D eigenvalue weighted by molar-refractivity contribution is -0.160. The summed E-state index contributed by atoms with van der Waals surface area (Å²) >= 11 is 0. The molecule has 1 saturated heterocycles. The zero-order valence-corrected chi connectivity index (χ0v) is 13.7. The summed E-state index contributed by atoms with van der Waals surface area (Å²) in [6.45, 7) is 6.37. The normalized spacial score (nSPS) is 26.1. The fourth-order valence-electron chi connectivity index (χ4n) is 3.40. The van der Waals surface area contributed by atoms with Crippen molar-refractivity contribution in [3.8, 4) is 0 Å². The van der Waals surface area contributed by atoms with E-state index in [1.54, 1.807) is 14.0 Å². The van der Waals surface area contributed by atoms with Gasteiger partial charge in [0.1, 0.15) is 11.6 Å². The second-order valence-electron chi connectivity index (χ2n) is 6.99. The van der Waals surface area contributed by atoms with Crippen molar-refractivity contribution in [3.05, 3.63) is 0 Å². The molecule has 2 aliphatic rings. The maximum absolute atomic E-state index is 12.6. The summed E-state index contributed by atoms with van der Waals surface area (Å²) in [4.78, 5) is 27.1. The maximum Gasteiger partial charge on any atom is 0.246 e. The molecule has 1 aliphatic heterocycles. The van der Waals surface area contributed by atoms with E-state index in [2.05, 4.69) is 5.32 Å². The second-order valence-corrected chi connectivity index (χ2v) is 6.99. The monoisotopic (exact) mass is 296 g/mol. The highest BCUT2D eigenvalue weighted by Gasteiger charge is 2.51. The number of ether oxygens (including phenoxy) is 1. The fourth-order valence-corrected chi connectivity index (χ4v) is 3.40. The summed E-state index contributed by atoms with van der Waals surface area (Å²) in [6, 6.07) is -0.421. The largest absolute Gasteiger partial charge is 0.379 e. The van der Waals surface area contributed by atoms with E-state index in [0.717, 1.165) is 38.5 Å². The van der Waals surface area contributed by atoms with Crippen LogP contribution in [0, 0.1) is 0 Å². The first kappa shape index (κ1) is 16.3. The van der Waals surface area contributed by atoms with Gasteiger partial charge in [0.25, 0.3) is 0 Å². The Balaban J connectivity index is 2.22. The molecule has 1 atom stereocenters. The Labute approximate surface area is 127 Å². The van der Waals surface area contributed by atoms with E-state index in [9.17, 15) is 9.59 Å². The highest BCUT2D eigenvalue weighted by Crippen LogP contribution is 2.37. The summed E-state index contributed by atoms with van der Waals surface area (Å²) in [5.74, 6) is 0.0768. The minimum absolute atomic E-state index is 0.0320. The van der Waals surface area contributed by atoms with Crippen LogP contribution in [0.1, 0.15) is 59.3 Å². The molecule has 1 aliphatic carbocycles. The van der Waals surface area contributed by atoms with Crippen LogP contribution < -0.4 is 5.32 Å². The summed E-state index contributed by atoms with van der Waals surface area (Å²) in [5, 5.41) is 2.87. The van der Waals surface area contributed by atoms with Crippen LogP contribution in [0.5, 0.6) is 0 Å². The molecule has 0 aromatic carbocycles. The summed E-state index contributed by atoms with van der Waals surface area (Å²) < 4.78 is 5.45. The topological polar surface area (TPSA) is 58.6 Å². The number of rotatable bonds is 4. The van der Waals surface area contributed by atoms with Crippen LogP contribution in [-0.2, 0) is 14.3 Å². The summed E-state index contributed by atoms with van der Waals surface area (Å²) in [6.07, 6.45) is 5.47. The number of methoxy groups -OCH3 is 1. The molecule has 5 nitrogen and oxygen atoms in total. The van der Waals surface area contributed by atoms with Gasteiger partial charge in [0.15, 0.2) is 0 Å². The molecule has 5 heteroatoms. The predicted molar refractivity (Wildman–Crippen MR) is 80.8 cm³/mol. The van der Waals surface area contributed by atoms with Crippen molar-refractivity contribution in [3.63, 3.8) is 0 Å². The first-order chi connectivity index (χ1) is 9.82. The molecule has 2 rings (SSSR count). The number of hydrogen-bond acceptors (Lipinski definition) is 3. The van der Waals surface area contributed by atoms with Crippen LogP contribution in [0.25, 0.3) is 0 Å². The number of piperazine rings is 1. The number of hydrogen-bond donors (Lipinski definition) is 1. The lowest BCUT2D eigenvalue weighted by atomic mass is 9.77. The van der Waals surface area contributed by atoms with Gasteiger partial charge in [0.2, 0.25) is 11.8 Å². The van der Waals surface area contributed by atoms with Crippen LogP contribution in [-0.4, -0.2) is 47.6 Å². The molecule has 0 aromatic heterocycles. The highest BCUT2D eigenvalue weighted by atomic mass is 16.5. The van der Waals surface area contributed by atoms with E-state index in [1.807, 2.05) is 18.7 Å². The van der Waals surface area contributed by atoms with Crippen molar-refractivity contribution in [2.45, 2.75) is 76.5 Å². The third-order valence-corrected chi connectivity index (χ3v) is 5.09. The van der Waals surface area contributed by atoms with E-state index < -0.39 is 11.6 Å². The van der Waals surface area contributed by atoms with Crippen molar-refractivity contribution in [1.29, 1.82) is 0 Å². The smallest absolute Gasteiger partial charge is 0.246 e. The van der Waals surface area contributed by atoms with Gasteiger partial charge in [-0.3, -0.25) is 9.59 Å². The predicted octanol–water partition coefficient (Wildman–Crippen LogP) is 1.85. The molecular weight excluding hydrogens is 268 g/mol. The third-order valence-electron chi connectivity index (χ3n) is 5.09. The molecule has 1 heterocycles. The van der Waals surface area contributed by atoms with E-state index in [-0.39, 0.29) is 17.4 Å². The minimum Gasteiger partial charge on any atom is -0.379 e. The van der Waals surface area contributed by atoms with Crippen molar-refractivity contribution in [2.75, 3.05) is 13.7 Å². The zero-order chi connectivity index (χ0) is 15.7. The Morgan fingerprint density at radius 2 is 1.90 bits per heavy atom. The Morgan fingerprint density at radius 3 is 2.48 bits per heavy atom. The molecule has 1 spiro atoms. The number of nitrogens with zero attached hydrogens (tertiary/aromatic N) is 1. The molecule has 0 radical (unpaired) electrons. The van der Waals surface area contributed by atoms with Crippen molar-refractivity contribution in [2.24, 2.45) is 0 Å². The van der Waals surface area contributed by atoms with Crippen LogP contribution in [0.2, 0.25) is 0 Å². The average molecular weight is 296 g/mol. The second kappa shape index (κ2) is 5.95. The van der Waals surface area contributed by atoms with Crippen molar-refractivity contribution in [1.82, 2.24) is 10.2 Å². The Bertz CT molecular complexity index is 414. The standard InChI is InChI=1S/C16H28N2O3/c1-12-13(19)18(11-10-15(2,3)21-4)16(14(20)17-12)8-6-5-7-9-16/h12H,5-11H2,1-4H3,(H,17,20). The van der Waals surface area contributed by atoms with Crippen molar-refractivity contribution >= 4 is 11.8 Å². The van der Waals surface area contributed by atoms with Crippen LogP contribution in [0.4, 0.5) is 0 Å². The van der Waals surface area contributed by atoms with E-state index in [4.69, 9.17) is 4.74 Å². The van der Waals surface area contributed by atoms with Crippen LogP contribution in [0.15, 0.2) is 0 Å². The molecule has 1 N–H and O–H groups in total. The Hall–Kier alpha value is -1.10. The quantitative estimate of drug-likeness (QED) is 0.861. The molecule has 2 fully saturated rings.